The van der Waals surface area contributed by atoms with E-state index in [9.17, 15) is 27.6 Å². The Hall–Kier alpha value is -5.65. The van der Waals surface area contributed by atoms with Gasteiger partial charge in [-0.05, 0) is 76.3 Å². The number of benzene rings is 1. The van der Waals surface area contributed by atoms with Crippen LogP contribution in [-0.2, 0) is 29.1 Å². The van der Waals surface area contributed by atoms with Gasteiger partial charge < -0.3 is 25.0 Å². The Bertz CT molecular complexity index is 2420. The molecule has 2 aliphatic heterocycles. The molecule has 0 radical (unpaired) electrons. The lowest BCUT2D eigenvalue weighted by atomic mass is 10.0. The van der Waals surface area contributed by atoms with Crippen LogP contribution in [0.2, 0.25) is 0 Å². The molecule has 1 aromatic carbocycles. The third kappa shape index (κ3) is 8.06. The number of rotatable bonds is 8. The van der Waals surface area contributed by atoms with E-state index in [2.05, 4.69) is 25.3 Å². The van der Waals surface area contributed by atoms with Crippen molar-refractivity contribution in [3.8, 4) is 17.3 Å². The summed E-state index contributed by atoms with van der Waals surface area (Å²) < 4.78 is 42.1. The molecule has 0 unspecified atom stereocenters. The Balaban J connectivity index is 1.05. The second-order valence-electron chi connectivity index (χ2n) is 16.3. The van der Waals surface area contributed by atoms with E-state index in [0.29, 0.717) is 54.7 Å². The van der Waals surface area contributed by atoms with E-state index in [-0.39, 0.29) is 31.4 Å². The van der Waals surface area contributed by atoms with E-state index >= 15 is 0 Å². The number of fused-ring (bicyclic) bond motifs is 5. The zero-order valence-corrected chi connectivity index (χ0v) is 33.3. The number of hydrogen-bond donors (Lipinski definition) is 3. The standard InChI is InChI=1S/C41H47N9O8S/c51-37-34-20-27(57-35-21-32(33-23-42-18-19-43-33)44-36-29-13-8-9-14-30(29)47-50(35)36)24-49(34)38(52)31(45-40(54)58-26-11-6-7-12-26)15-5-3-1-2-4-10-25-22-41(25,46-37)39(53)48-59(55,56)28-16-17-28/h4,8-10,13-14,18-19,21,23,25-28,31,34H,1-3,5-7,11-12,15-17,20,22,24H2,(H,45,54)(H,46,51)(H,48,53)/b10-4-/t25-,27-,31+,34+,41-/m1/s1. The summed E-state index contributed by atoms with van der Waals surface area (Å²) in [5.41, 5.74) is 0.628. The summed E-state index contributed by atoms with van der Waals surface area (Å²) >= 11 is 0. The Morgan fingerprint density at radius 3 is 2.56 bits per heavy atom. The Morgan fingerprint density at radius 1 is 0.949 bits per heavy atom. The molecule has 59 heavy (non-hydrogen) atoms. The topological polar surface area (TPSA) is 216 Å². The van der Waals surface area contributed by atoms with Gasteiger partial charge in [-0.3, -0.25) is 29.1 Å². The van der Waals surface area contributed by atoms with Crippen molar-refractivity contribution in [3.63, 3.8) is 0 Å². The molecule has 4 fully saturated rings. The molecule has 1 saturated heterocycles. The Labute approximate surface area is 340 Å². The van der Waals surface area contributed by atoms with Crippen LogP contribution in [-0.4, -0.2) is 103 Å². The van der Waals surface area contributed by atoms with Gasteiger partial charge >= 0.3 is 6.09 Å². The molecule has 3 saturated carbocycles. The largest absolute Gasteiger partial charge is 0.472 e. The minimum Gasteiger partial charge on any atom is -0.472 e. The monoisotopic (exact) mass is 825 g/mol. The van der Waals surface area contributed by atoms with Gasteiger partial charge in [0.05, 0.1) is 29.2 Å². The predicted octanol–water partition coefficient (Wildman–Crippen LogP) is 3.73. The molecule has 4 aromatic rings. The van der Waals surface area contributed by atoms with Crippen molar-refractivity contribution in [1.82, 2.24) is 44.8 Å². The van der Waals surface area contributed by atoms with E-state index in [1.807, 2.05) is 36.4 Å². The number of carbonyl (C=O) groups is 4. The molecular formula is C41H47N9O8S. The maximum Gasteiger partial charge on any atom is 0.408 e. The highest BCUT2D eigenvalue weighted by Crippen LogP contribution is 2.46. The van der Waals surface area contributed by atoms with Crippen LogP contribution in [0.4, 0.5) is 4.79 Å². The molecule has 3 aromatic heterocycles. The SMILES string of the molecule is O=C(N[C@H]1CCCCC/C=C\[C@@H]2C[C@@]2(C(=O)NS(=O)(=O)C2CC2)NC(=O)[C@@H]2C[C@@H](Oc3cc(-c4cnccn4)nc4c5ccccc5nn34)CN2C1=O)OC1CCCC1. The van der Waals surface area contributed by atoms with Crippen LogP contribution in [0.15, 0.2) is 61.1 Å². The summed E-state index contributed by atoms with van der Waals surface area (Å²) in [6.07, 6.45) is 14.7. The molecule has 18 heteroatoms. The van der Waals surface area contributed by atoms with E-state index in [1.54, 1.807) is 29.2 Å². The zero-order valence-electron chi connectivity index (χ0n) is 32.5. The highest BCUT2D eigenvalue weighted by Gasteiger charge is 2.62. The van der Waals surface area contributed by atoms with E-state index < -0.39 is 68.7 Å². The number of alkyl carbamates (subject to hydrolysis) is 1. The fourth-order valence-electron chi connectivity index (χ4n) is 8.60. The van der Waals surface area contributed by atoms with Crippen LogP contribution >= 0.6 is 0 Å². The summed E-state index contributed by atoms with van der Waals surface area (Å²) in [5, 5.41) is 10.6. The minimum atomic E-state index is -3.91. The number of nitrogens with one attached hydrogen (secondary N) is 3. The van der Waals surface area contributed by atoms with E-state index in [4.69, 9.17) is 19.6 Å². The van der Waals surface area contributed by atoms with Crippen molar-refractivity contribution in [2.24, 2.45) is 5.92 Å². The normalized spacial score (nSPS) is 27.2. The lowest BCUT2D eigenvalue weighted by molar-refractivity contribution is -0.141. The summed E-state index contributed by atoms with van der Waals surface area (Å²) in [6.45, 7) is -0.0452. The molecule has 3 aliphatic carbocycles. The van der Waals surface area contributed by atoms with Gasteiger partial charge in [-0.2, -0.15) is 9.61 Å². The second-order valence-corrected chi connectivity index (χ2v) is 18.3. The first kappa shape index (κ1) is 38.8. The Morgan fingerprint density at radius 2 is 1.76 bits per heavy atom. The lowest BCUT2D eigenvalue weighted by Crippen LogP contribution is -2.58. The van der Waals surface area contributed by atoms with Gasteiger partial charge in [0.25, 0.3) is 5.91 Å². The van der Waals surface area contributed by atoms with Gasteiger partial charge in [-0.15, -0.1) is 0 Å². The van der Waals surface area contributed by atoms with Crippen LogP contribution in [0, 0.1) is 5.92 Å². The van der Waals surface area contributed by atoms with Crippen molar-refractivity contribution < 1.29 is 37.1 Å². The fraction of sp³-hybridized carbons (Fsp3) is 0.512. The molecule has 5 aliphatic rings. The maximum absolute atomic E-state index is 14.7. The molecule has 5 heterocycles. The molecule has 0 spiro atoms. The number of allylic oxidation sites excluding steroid dienone is 1. The molecule has 0 bridgehead atoms. The number of sulfonamides is 1. The van der Waals surface area contributed by atoms with Gasteiger partial charge in [0.2, 0.25) is 27.7 Å². The van der Waals surface area contributed by atoms with Crippen molar-refractivity contribution in [1.29, 1.82) is 0 Å². The first-order valence-electron chi connectivity index (χ1n) is 20.6. The van der Waals surface area contributed by atoms with Crippen LogP contribution < -0.4 is 20.1 Å². The molecular weight excluding hydrogens is 779 g/mol. The summed E-state index contributed by atoms with van der Waals surface area (Å²) in [6, 6.07) is 7.06. The van der Waals surface area contributed by atoms with E-state index in [0.717, 1.165) is 43.9 Å². The van der Waals surface area contributed by atoms with Crippen LogP contribution in [0.5, 0.6) is 5.88 Å². The van der Waals surface area contributed by atoms with Crippen molar-refractivity contribution in [3.05, 3.63) is 61.1 Å². The smallest absolute Gasteiger partial charge is 0.408 e. The number of nitrogens with zero attached hydrogens (tertiary/aromatic N) is 6. The van der Waals surface area contributed by atoms with Gasteiger partial charge in [-0.25, -0.2) is 18.2 Å². The average Bonchev–Trinajstić information content (AvgIpc) is 4.04. The summed E-state index contributed by atoms with van der Waals surface area (Å²) in [4.78, 5) is 71.3. The van der Waals surface area contributed by atoms with Crippen molar-refractivity contribution >= 4 is 50.4 Å². The number of aromatic nitrogens is 5. The fourth-order valence-corrected chi connectivity index (χ4v) is 9.97. The maximum atomic E-state index is 14.7. The summed E-state index contributed by atoms with van der Waals surface area (Å²) in [5.74, 6) is -2.07. The first-order valence-corrected chi connectivity index (χ1v) is 22.2. The van der Waals surface area contributed by atoms with Gasteiger partial charge in [0.15, 0.2) is 5.65 Å². The molecule has 4 amide bonds. The second kappa shape index (κ2) is 15.8. The van der Waals surface area contributed by atoms with E-state index in [1.165, 1.54) is 4.90 Å². The van der Waals surface area contributed by atoms with Gasteiger partial charge in [0, 0.05) is 36.2 Å². The molecule has 3 N–H and O–H groups in total. The predicted molar refractivity (Wildman–Crippen MR) is 213 cm³/mol. The highest BCUT2D eigenvalue weighted by atomic mass is 32.2. The number of amides is 4. The van der Waals surface area contributed by atoms with Gasteiger partial charge in [-0.1, -0.05) is 37.1 Å². The highest BCUT2D eigenvalue weighted by molar-refractivity contribution is 7.91. The quantitative estimate of drug-likeness (QED) is 0.217. The van der Waals surface area contributed by atoms with Crippen LogP contribution in [0.3, 0.4) is 0 Å². The lowest BCUT2D eigenvalue weighted by Gasteiger charge is -2.30. The summed E-state index contributed by atoms with van der Waals surface area (Å²) in [7, 11) is -3.91. The van der Waals surface area contributed by atoms with Crippen LogP contribution in [0.25, 0.3) is 27.9 Å². The van der Waals surface area contributed by atoms with Crippen LogP contribution in [0.1, 0.15) is 83.5 Å². The number of carbonyl (C=O) groups excluding carboxylic acids is 4. The average molecular weight is 826 g/mol. The molecule has 5 atom stereocenters. The third-order valence-electron chi connectivity index (χ3n) is 12.1. The van der Waals surface area contributed by atoms with Crippen molar-refractivity contribution in [2.45, 2.75) is 119 Å². The number of hydrogen-bond acceptors (Lipinski definition) is 12. The van der Waals surface area contributed by atoms with Gasteiger partial charge in [0.1, 0.15) is 35.5 Å². The molecule has 17 nitrogen and oxygen atoms in total. The zero-order chi connectivity index (χ0) is 40.7. The number of ether oxygens (including phenoxy) is 2. The molecule has 9 rings (SSSR count). The molecule has 310 valence electrons. The Kier molecular flexibility index (Phi) is 10.4. The minimum absolute atomic E-state index is 0.0144. The van der Waals surface area contributed by atoms with Crippen molar-refractivity contribution in [2.75, 3.05) is 6.54 Å². The third-order valence-corrected chi connectivity index (χ3v) is 13.9. The first-order chi connectivity index (χ1) is 28.6.